The van der Waals surface area contributed by atoms with Gasteiger partial charge in [0.1, 0.15) is 0 Å². The number of carbonyl (C=O) groups is 2. The van der Waals surface area contributed by atoms with Gasteiger partial charge >= 0.3 is 6.03 Å². The lowest BCUT2D eigenvalue weighted by atomic mass is 10.1. The number of hydrogen-bond donors (Lipinski definition) is 2. The Labute approximate surface area is 181 Å². The maximum atomic E-state index is 13.2. The summed E-state index contributed by atoms with van der Waals surface area (Å²) >= 11 is 0. The van der Waals surface area contributed by atoms with Crippen LogP contribution < -0.4 is 15.5 Å². The number of hydrogen-bond acceptors (Lipinski definition) is 2. The Bertz CT molecular complexity index is 1200. The van der Waals surface area contributed by atoms with Crippen LogP contribution in [0.5, 0.6) is 0 Å². The Hall–Kier alpha value is -4.12. The predicted molar refractivity (Wildman–Crippen MR) is 127 cm³/mol. The number of rotatable bonds is 5. The number of anilines is 3. The largest absolute Gasteiger partial charge is 0.323 e. The highest BCUT2D eigenvalue weighted by Gasteiger charge is 2.18. The first-order valence-corrected chi connectivity index (χ1v) is 10.2. The summed E-state index contributed by atoms with van der Waals surface area (Å²) in [5, 5.41) is 7.68. The molecule has 154 valence electrons. The third-order valence-electron chi connectivity index (χ3n) is 5.04. The van der Waals surface area contributed by atoms with Gasteiger partial charge in [-0.3, -0.25) is 4.79 Å². The molecule has 0 aromatic heterocycles. The Morgan fingerprint density at radius 1 is 0.710 bits per heavy atom. The molecule has 3 amide bonds. The van der Waals surface area contributed by atoms with Crippen molar-refractivity contribution in [1.29, 1.82) is 0 Å². The maximum Gasteiger partial charge on any atom is 0.323 e. The molecule has 4 aromatic carbocycles. The van der Waals surface area contributed by atoms with Crippen LogP contribution in [0.4, 0.5) is 21.9 Å². The van der Waals surface area contributed by atoms with E-state index in [1.165, 1.54) is 0 Å². The zero-order valence-corrected chi connectivity index (χ0v) is 17.2. The molecule has 0 saturated heterocycles. The van der Waals surface area contributed by atoms with Gasteiger partial charge in [-0.2, -0.15) is 0 Å². The normalized spacial score (nSPS) is 10.5. The van der Waals surface area contributed by atoms with Crippen LogP contribution in [0.15, 0.2) is 97.1 Å². The lowest BCUT2D eigenvalue weighted by Gasteiger charge is -2.23. The lowest BCUT2D eigenvalue weighted by Crippen LogP contribution is -2.30. The third kappa shape index (κ3) is 4.56. The molecule has 0 atom stereocenters. The van der Waals surface area contributed by atoms with Gasteiger partial charge in [-0.1, -0.05) is 54.6 Å². The molecule has 0 aliphatic heterocycles. The highest BCUT2D eigenvalue weighted by atomic mass is 16.2. The van der Waals surface area contributed by atoms with Crippen LogP contribution in [-0.2, 0) is 0 Å². The van der Waals surface area contributed by atoms with E-state index < -0.39 is 0 Å². The van der Waals surface area contributed by atoms with E-state index in [9.17, 15) is 9.59 Å². The fourth-order valence-corrected chi connectivity index (χ4v) is 3.53. The van der Waals surface area contributed by atoms with Gasteiger partial charge in [-0.15, -0.1) is 0 Å². The van der Waals surface area contributed by atoms with Gasteiger partial charge in [0.25, 0.3) is 5.91 Å². The average Bonchev–Trinajstić information content (AvgIpc) is 2.81. The van der Waals surface area contributed by atoms with E-state index in [2.05, 4.69) is 10.6 Å². The van der Waals surface area contributed by atoms with E-state index in [-0.39, 0.29) is 11.9 Å². The van der Waals surface area contributed by atoms with Crippen molar-refractivity contribution in [1.82, 2.24) is 0 Å². The second-order valence-electron chi connectivity index (χ2n) is 7.07. The number of carbonyl (C=O) groups excluding carboxylic acids is 2. The standard InChI is InChI=1S/C26H23N3O2/c1-2-29(24-14-8-10-19-9-6-7-13-23(19)24)25(30)20-15-17-22(18-16-20)28-26(31)27-21-11-4-3-5-12-21/h3-18H,2H2,1H3,(H2,27,28,31). The second-order valence-corrected chi connectivity index (χ2v) is 7.07. The van der Waals surface area contributed by atoms with E-state index >= 15 is 0 Å². The average molecular weight is 409 g/mol. The van der Waals surface area contributed by atoms with Crippen LogP contribution >= 0.6 is 0 Å². The summed E-state index contributed by atoms with van der Waals surface area (Å²) in [4.78, 5) is 27.2. The van der Waals surface area contributed by atoms with Crippen molar-refractivity contribution in [3.05, 3.63) is 103 Å². The first-order chi connectivity index (χ1) is 15.2. The number of benzene rings is 4. The topological polar surface area (TPSA) is 61.4 Å². The van der Waals surface area contributed by atoms with Gasteiger partial charge in [-0.25, -0.2) is 4.79 Å². The fourth-order valence-electron chi connectivity index (χ4n) is 3.53. The van der Waals surface area contributed by atoms with Crippen molar-refractivity contribution >= 4 is 39.8 Å². The summed E-state index contributed by atoms with van der Waals surface area (Å²) in [6.45, 7) is 2.51. The van der Waals surface area contributed by atoms with Gasteiger partial charge in [0.15, 0.2) is 0 Å². The first-order valence-electron chi connectivity index (χ1n) is 10.2. The summed E-state index contributed by atoms with van der Waals surface area (Å²) in [5.41, 5.74) is 2.76. The van der Waals surface area contributed by atoms with Crippen LogP contribution in [0.25, 0.3) is 10.8 Å². The van der Waals surface area contributed by atoms with Crippen LogP contribution in [0, 0.1) is 0 Å². The molecule has 5 heteroatoms. The van der Waals surface area contributed by atoms with Gasteiger partial charge in [0, 0.05) is 28.9 Å². The highest BCUT2D eigenvalue weighted by Crippen LogP contribution is 2.28. The zero-order valence-electron chi connectivity index (χ0n) is 17.2. The molecule has 0 unspecified atom stereocenters. The first kappa shape index (κ1) is 20.2. The van der Waals surface area contributed by atoms with Crippen molar-refractivity contribution in [2.24, 2.45) is 0 Å². The summed E-state index contributed by atoms with van der Waals surface area (Å²) in [6, 6.07) is 29.8. The highest BCUT2D eigenvalue weighted by molar-refractivity contribution is 6.11. The van der Waals surface area contributed by atoms with E-state index in [1.807, 2.05) is 79.7 Å². The van der Waals surface area contributed by atoms with E-state index in [0.717, 1.165) is 16.5 Å². The van der Waals surface area contributed by atoms with Gasteiger partial charge in [0.05, 0.1) is 5.69 Å². The van der Waals surface area contributed by atoms with Crippen molar-refractivity contribution in [2.45, 2.75) is 6.92 Å². The number of fused-ring (bicyclic) bond motifs is 1. The van der Waals surface area contributed by atoms with Crippen molar-refractivity contribution in [3.8, 4) is 0 Å². The van der Waals surface area contributed by atoms with E-state index in [0.29, 0.717) is 23.5 Å². The second kappa shape index (κ2) is 9.13. The van der Waals surface area contributed by atoms with Crippen LogP contribution in [0.3, 0.4) is 0 Å². The number of amides is 3. The molecule has 5 nitrogen and oxygen atoms in total. The molecule has 0 aliphatic rings. The SMILES string of the molecule is CCN(C(=O)c1ccc(NC(=O)Nc2ccccc2)cc1)c1cccc2ccccc12. The van der Waals surface area contributed by atoms with Crippen molar-refractivity contribution < 1.29 is 9.59 Å². The minimum Gasteiger partial charge on any atom is -0.308 e. The van der Waals surface area contributed by atoms with E-state index in [4.69, 9.17) is 0 Å². The predicted octanol–water partition coefficient (Wildman–Crippen LogP) is 6.15. The minimum atomic E-state index is -0.337. The zero-order chi connectivity index (χ0) is 21.6. The quantitative estimate of drug-likeness (QED) is 0.415. The van der Waals surface area contributed by atoms with Gasteiger partial charge in [0.2, 0.25) is 0 Å². The number of urea groups is 1. The van der Waals surface area contributed by atoms with Crippen LogP contribution in [-0.4, -0.2) is 18.5 Å². The molecule has 4 aromatic rings. The summed E-state index contributed by atoms with van der Waals surface area (Å²) < 4.78 is 0. The molecule has 31 heavy (non-hydrogen) atoms. The molecule has 2 N–H and O–H groups in total. The lowest BCUT2D eigenvalue weighted by molar-refractivity contribution is 0.0988. The fraction of sp³-hybridized carbons (Fsp3) is 0.0769. The summed E-state index contributed by atoms with van der Waals surface area (Å²) in [5.74, 6) is -0.0841. The summed E-state index contributed by atoms with van der Waals surface area (Å²) in [7, 11) is 0. The van der Waals surface area contributed by atoms with Crippen molar-refractivity contribution in [2.75, 3.05) is 22.1 Å². The number of nitrogens with zero attached hydrogens (tertiary/aromatic N) is 1. The van der Waals surface area contributed by atoms with E-state index in [1.54, 1.807) is 29.2 Å². The molecule has 0 heterocycles. The summed E-state index contributed by atoms with van der Waals surface area (Å²) in [6.07, 6.45) is 0. The Balaban J connectivity index is 1.50. The Morgan fingerprint density at radius 2 is 1.32 bits per heavy atom. The molecule has 0 saturated carbocycles. The maximum absolute atomic E-state index is 13.2. The Kier molecular flexibility index (Phi) is 5.94. The monoisotopic (exact) mass is 409 g/mol. The minimum absolute atomic E-state index is 0.0841. The smallest absolute Gasteiger partial charge is 0.308 e. The molecule has 0 bridgehead atoms. The van der Waals surface area contributed by atoms with Crippen molar-refractivity contribution in [3.63, 3.8) is 0 Å². The number of nitrogens with one attached hydrogen (secondary N) is 2. The molecule has 4 rings (SSSR count). The van der Waals surface area contributed by atoms with Gasteiger partial charge in [-0.05, 0) is 54.8 Å². The third-order valence-corrected chi connectivity index (χ3v) is 5.04. The molecule has 0 radical (unpaired) electrons. The number of para-hydroxylation sites is 1. The molecule has 0 aliphatic carbocycles. The molecular weight excluding hydrogens is 386 g/mol. The molecule has 0 fully saturated rings. The molecule has 0 spiro atoms. The van der Waals surface area contributed by atoms with Gasteiger partial charge < -0.3 is 15.5 Å². The Morgan fingerprint density at radius 3 is 2.03 bits per heavy atom. The van der Waals surface area contributed by atoms with Crippen LogP contribution in [0.1, 0.15) is 17.3 Å². The van der Waals surface area contributed by atoms with Crippen LogP contribution in [0.2, 0.25) is 0 Å². The molecular formula is C26H23N3O2.